The third-order valence-electron chi connectivity index (χ3n) is 2.66. The SMILES string of the molecule is CCCNC(C)(CCSc1ncns1)C(=O)OCC. The van der Waals surface area contributed by atoms with Crippen molar-refractivity contribution in [2.24, 2.45) is 0 Å². The molecule has 0 bridgehead atoms. The first-order valence-corrected chi connectivity index (χ1v) is 8.20. The van der Waals surface area contributed by atoms with E-state index < -0.39 is 5.54 Å². The van der Waals surface area contributed by atoms with E-state index >= 15 is 0 Å². The average Bonchev–Trinajstić information content (AvgIpc) is 2.90. The third-order valence-corrected chi connectivity index (χ3v) is 4.46. The summed E-state index contributed by atoms with van der Waals surface area (Å²) in [5.74, 6) is 0.627. The first-order valence-electron chi connectivity index (χ1n) is 6.44. The zero-order valence-corrected chi connectivity index (χ0v) is 13.3. The van der Waals surface area contributed by atoms with Crippen LogP contribution in [0, 0.1) is 0 Å². The summed E-state index contributed by atoms with van der Waals surface area (Å²) in [6.07, 6.45) is 3.24. The number of ether oxygens (including phenoxy) is 1. The predicted octanol–water partition coefficient (Wildman–Crippen LogP) is 2.34. The van der Waals surface area contributed by atoms with E-state index in [2.05, 4.69) is 21.6 Å². The molecule has 0 amide bonds. The van der Waals surface area contributed by atoms with Crippen LogP contribution >= 0.6 is 23.3 Å². The Kier molecular flexibility index (Phi) is 7.33. The van der Waals surface area contributed by atoms with Crippen LogP contribution in [0.2, 0.25) is 0 Å². The molecule has 0 saturated heterocycles. The van der Waals surface area contributed by atoms with Gasteiger partial charge >= 0.3 is 5.97 Å². The number of carbonyl (C=O) groups excluding carboxylic acids is 1. The van der Waals surface area contributed by atoms with E-state index in [0.29, 0.717) is 13.0 Å². The summed E-state index contributed by atoms with van der Waals surface area (Å²) >= 11 is 3.00. The summed E-state index contributed by atoms with van der Waals surface area (Å²) in [7, 11) is 0. The van der Waals surface area contributed by atoms with E-state index in [4.69, 9.17) is 4.74 Å². The van der Waals surface area contributed by atoms with Crippen LogP contribution in [0.15, 0.2) is 10.7 Å². The molecular formula is C12H21N3O2S2. The van der Waals surface area contributed by atoms with E-state index in [1.54, 1.807) is 18.1 Å². The number of esters is 1. The molecule has 1 aromatic heterocycles. The number of nitrogens with zero attached hydrogens (tertiary/aromatic N) is 2. The van der Waals surface area contributed by atoms with Gasteiger partial charge in [-0.2, -0.15) is 4.37 Å². The normalized spacial score (nSPS) is 14.1. The zero-order chi connectivity index (χ0) is 14.1. The number of rotatable bonds is 9. The smallest absolute Gasteiger partial charge is 0.326 e. The standard InChI is InChI=1S/C12H21N3O2S2/c1-4-7-14-12(3,10(16)17-5-2)6-8-18-11-13-9-15-19-11/h9,14H,4-8H2,1-3H3. The molecule has 0 fully saturated rings. The van der Waals surface area contributed by atoms with E-state index in [1.807, 2.05) is 13.8 Å². The molecular weight excluding hydrogens is 282 g/mol. The van der Waals surface area contributed by atoms with Crippen molar-refractivity contribution in [3.05, 3.63) is 6.33 Å². The summed E-state index contributed by atoms with van der Waals surface area (Å²) in [5.41, 5.74) is -0.621. The van der Waals surface area contributed by atoms with Crippen LogP contribution in [0.4, 0.5) is 0 Å². The minimum Gasteiger partial charge on any atom is -0.465 e. The van der Waals surface area contributed by atoms with Crippen molar-refractivity contribution in [3.8, 4) is 0 Å². The van der Waals surface area contributed by atoms with Gasteiger partial charge in [0, 0.05) is 5.75 Å². The molecule has 0 radical (unpaired) electrons. The van der Waals surface area contributed by atoms with Crippen LogP contribution in [-0.4, -0.2) is 39.8 Å². The maximum absolute atomic E-state index is 12.0. The first-order chi connectivity index (χ1) is 9.12. The van der Waals surface area contributed by atoms with Gasteiger partial charge in [0.25, 0.3) is 0 Å². The highest BCUT2D eigenvalue weighted by Crippen LogP contribution is 2.23. The summed E-state index contributed by atoms with van der Waals surface area (Å²) in [6, 6.07) is 0. The number of carbonyl (C=O) groups is 1. The van der Waals surface area contributed by atoms with Crippen molar-refractivity contribution in [1.29, 1.82) is 0 Å². The van der Waals surface area contributed by atoms with Gasteiger partial charge in [-0.3, -0.25) is 4.79 Å². The minimum atomic E-state index is -0.621. The molecule has 0 saturated carbocycles. The molecule has 1 atom stereocenters. The highest BCUT2D eigenvalue weighted by atomic mass is 32.2. The molecule has 1 rings (SSSR count). The second-order valence-electron chi connectivity index (χ2n) is 4.28. The second kappa shape index (κ2) is 8.50. The van der Waals surface area contributed by atoms with Gasteiger partial charge in [-0.15, -0.1) is 0 Å². The molecule has 1 unspecified atom stereocenters. The largest absolute Gasteiger partial charge is 0.465 e. The Balaban J connectivity index is 2.50. The molecule has 1 aromatic rings. The van der Waals surface area contributed by atoms with Crippen LogP contribution in [0.5, 0.6) is 0 Å². The predicted molar refractivity (Wildman–Crippen MR) is 78.6 cm³/mol. The average molecular weight is 303 g/mol. The zero-order valence-electron chi connectivity index (χ0n) is 11.6. The second-order valence-corrected chi connectivity index (χ2v) is 6.41. The summed E-state index contributed by atoms with van der Waals surface area (Å²) in [6.45, 7) is 7.02. The number of nitrogens with one attached hydrogen (secondary N) is 1. The highest BCUT2D eigenvalue weighted by Gasteiger charge is 2.33. The Labute approximate surface area is 122 Å². The van der Waals surface area contributed by atoms with E-state index in [-0.39, 0.29) is 5.97 Å². The quantitative estimate of drug-likeness (QED) is 0.558. The molecule has 5 nitrogen and oxygen atoms in total. The molecule has 0 aliphatic heterocycles. The van der Waals surface area contributed by atoms with E-state index in [0.717, 1.165) is 23.1 Å². The lowest BCUT2D eigenvalue weighted by atomic mass is 9.99. The molecule has 19 heavy (non-hydrogen) atoms. The molecule has 108 valence electrons. The van der Waals surface area contributed by atoms with Gasteiger partial charge in [0.2, 0.25) is 0 Å². The van der Waals surface area contributed by atoms with Gasteiger partial charge in [0.1, 0.15) is 11.9 Å². The van der Waals surface area contributed by atoms with Gasteiger partial charge in [-0.05, 0) is 44.8 Å². The van der Waals surface area contributed by atoms with Gasteiger partial charge in [-0.1, -0.05) is 18.7 Å². The molecule has 1 N–H and O–H groups in total. The topological polar surface area (TPSA) is 64.1 Å². The lowest BCUT2D eigenvalue weighted by molar-refractivity contribution is -0.150. The lowest BCUT2D eigenvalue weighted by Gasteiger charge is -2.28. The fraction of sp³-hybridized carbons (Fsp3) is 0.750. The maximum Gasteiger partial charge on any atom is 0.326 e. The first kappa shape index (κ1) is 16.4. The minimum absolute atomic E-state index is 0.179. The fourth-order valence-corrected chi connectivity index (χ4v) is 3.20. The Hall–Kier alpha value is -0.660. The van der Waals surface area contributed by atoms with Gasteiger partial charge in [-0.25, -0.2) is 4.98 Å². The van der Waals surface area contributed by atoms with Crippen molar-refractivity contribution >= 4 is 29.3 Å². The molecule has 0 spiro atoms. The van der Waals surface area contributed by atoms with Gasteiger partial charge in [0.15, 0.2) is 4.34 Å². The summed E-state index contributed by atoms with van der Waals surface area (Å²) < 4.78 is 10.0. The highest BCUT2D eigenvalue weighted by molar-refractivity contribution is 8.00. The molecule has 1 heterocycles. The van der Waals surface area contributed by atoms with Crippen molar-refractivity contribution in [2.75, 3.05) is 18.9 Å². The van der Waals surface area contributed by atoms with Crippen LogP contribution in [0.25, 0.3) is 0 Å². The Morgan fingerprint density at radius 2 is 2.37 bits per heavy atom. The van der Waals surface area contributed by atoms with Crippen molar-refractivity contribution in [2.45, 2.75) is 43.5 Å². The maximum atomic E-state index is 12.0. The summed E-state index contributed by atoms with van der Waals surface area (Å²) in [4.78, 5) is 16.2. The lowest BCUT2D eigenvalue weighted by Crippen LogP contribution is -2.51. The van der Waals surface area contributed by atoms with Crippen molar-refractivity contribution in [3.63, 3.8) is 0 Å². The summed E-state index contributed by atoms with van der Waals surface area (Å²) in [5, 5.41) is 3.29. The number of aromatic nitrogens is 2. The molecule has 7 heteroatoms. The van der Waals surface area contributed by atoms with Crippen LogP contribution in [0.3, 0.4) is 0 Å². The Morgan fingerprint density at radius 3 is 2.95 bits per heavy atom. The molecule has 0 aromatic carbocycles. The van der Waals surface area contributed by atoms with Crippen LogP contribution in [-0.2, 0) is 9.53 Å². The fourth-order valence-electron chi connectivity index (χ4n) is 1.52. The van der Waals surface area contributed by atoms with E-state index in [1.165, 1.54) is 11.5 Å². The number of hydrogen-bond acceptors (Lipinski definition) is 7. The molecule has 0 aliphatic rings. The Morgan fingerprint density at radius 1 is 1.58 bits per heavy atom. The van der Waals surface area contributed by atoms with E-state index in [9.17, 15) is 4.79 Å². The number of hydrogen-bond donors (Lipinski definition) is 1. The van der Waals surface area contributed by atoms with Crippen LogP contribution in [0.1, 0.15) is 33.6 Å². The Bertz CT molecular complexity index is 373. The third kappa shape index (κ3) is 5.46. The van der Waals surface area contributed by atoms with Crippen LogP contribution < -0.4 is 5.32 Å². The van der Waals surface area contributed by atoms with Crippen molar-refractivity contribution in [1.82, 2.24) is 14.7 Å². The molecule has 0 aliphatic carbocycles. The monoisotopic (exact) mass is 303 g/mol. The number of thioether (sulfide) groups is 1. The van der Waals surface area contributed by atoms with Gasteiger partial charge < -0.3 is 10.1 Å². The van der Waals surface area contributed by atoms with Gasteiger partial charge in [0.05, 0.1) is 6.61 Å². The van der Waals surface area contributed by atoms with Crippen molar-refractivity contribution < 1.29 is 9.53 Å².